The van der Waals surface area contributed by atoms with E-state index in [4.69, 9.17) is 16.3 Å². The molecule has 0 aliphatic heterocycles. The van der Waals surface area contributed by atoms with Crippen LogP contribution in [0.4, 0.5) is 13.2 Å². The van der Waals surface area contributed by atoms with Gasteiger partial charge in [0.25, 0.3) is 0 Å². The van der Waals surface area contributed by atoms with Gasteiger partial charge >= 0.3 is 6.18 Å². The molecule has 0 aliphatic rings. The second-order valence-electron chi connectivity index (χ2n) is 4.52. The Morgan fingerprint density at radius 2 is 2.04 bits per heavy atom. The maximum absolute atomic E-state index is 12.1. The van der Waals surface area contributed by atoms with Crippen molar-refractivity contribution in [2.45, 2.75) is 18.7 Å². The van der Waals surface area contributed by atoms with E-state index in [0.717, 1.165) is 5.56 Å². The molecule has 1 rings (SSSR count). The summed E-state index contributed by atoms with van der Waals surface area (Å²) >= 11 is 5.93. The van der Waals surface area contributed by atoms with Crippen LogP contribution >= 0.6 is 35.6 Å². The van der Waals surface area contributed by atoms with Gasteiger partial charge in [-0.1, -0.05) is 23.7 Å². The van der Waals surface area contributed by atoms with Gasteiger partial charge in [0.2, 0.25) is 0 Å². The molecule has 0 saturated heterocycles. The number of methoxy groups -OCH3 is 1. The Bertz CT molecular complexity index is 500. The number of guanidine groups is 1. The summed E-state index contributed by atoms with van der Waals surface area (Å²) in [5.41, 5.74) is 0.869. The Labute approximate surface area is 155 Å². The van der Waals surface area contributed by atoms with E-state index in [1.807, 2.05) is 6.07 Å². The number of alkyl halides is 3. The van der Waals surface area contributed by atoms with Crippen LogP contribution in [0.15, 0.2) is 29.3 Å². The molecule has 0 spiro atoms. The fourth-order valence-electron chi connectivity index (χ4n) is 1.78. The smallest absolute Gasteiger partial charge is 0.375 e. The van der Waals surface area contributed by atoms with Crippen LogP contribution in [-0.4, -0.2) is 39.4 Å². The van der Waals surface area contributed by atoms with E-state index < -0.39 is 12.6 Å². The third kappa shape index (κ3) is 9.21. The Morgan fingerprint density at radius 1 is 1.35 bits per heavy atom. The summed E-state index contributed by atoms with van der Waals surface area (Å²) in [5.74, 6) is 0.285. The number of hydrogen-bond acceptors (Lipinski definition) is 2. The zero-order valence-electron chi connectivity index (χ0n) is 12.8. The fraction of sp³-hybridized carbons (Fsp3) is 0.500. The van der Waals surface area contributed by atoms with Gasteiger partial charge in [0.1, 0.15) is 0 Å². The predicted molar refractivity (Wildman–Crippen MR) is 96.7 cm³/mol. The number of hydrogen-bond donors (Lipinski definition) is 2. The summed E-state index contributed by atoms with van der Waals surface area (Å²) in [6.45, 7) is 0.112. The first-order valence-corrected chi connectivity index (χ1v) is 7.03. The molecule has 1 aromatic carbocycles. The zero-order chi connectivity index (χ0) is 16.6. The van der Waals surface area contributed by atoms with Crippen molar-refractivity contribution in [1.29, 1.82) is 0 Å². The van der Waals surface area contributed by atoms with Gasteiger partial charge < -0.3 is 15.4 Å². The molecule has 0 bridgehead atoms. The molecular weight excluding hydrogens is 446 g/mol. The summed E-state index contributed by atoms with van der Waals surface area (Å²) in [6.07, 6.45) is -5.41. The van der Waals surface area contributed by atoms with Crippen LogP contribution < -0.4 is 10.6 Å². The van der Waals surface area contributed by atoms with E-state index in [1.54, 1.807) is 25.3 Å². The van der Waals surface area contributed by atoms with E-state index in [0.29, 0.717) is 11.6 Å². The summed E-state index contributed by atoms with van der Waals surface area (Å²) in [7, 11) is 3.04. The van der Waals surface area contributed by atoms with Crippen LogP contribution in [0.3, 0.4) is 0 Å². The third-order valence-corrected chi connectivity index (χ3v) is 3.12. The summed E-state index contributed by atoms with van der Waals surface area (Å²) in [5, 5.41) is 6.12. The molecule has 0 amide bonds. The standard InChI is InChI=1S/C14H19ClF3N3O.HI/c1-19-13(20-7-6-14(16,17)18)21-9-12(22-2)10-4-3-5-11(15)8-10;/h3-5,8,12H,6-7,9H2,1-2H3,(H2,19,20,21);1H. The molecule has 0 aliphatic carbocycles. The number of benzene rings is 1. The Hall–Kier alpha value is -0.740. The fourth-order valence-corrected chi connectivity index (χ4v) is 1.98. The van der Waals surface area contributed by atoms with Gasteiger partial charge in [-0.2, -0.15) is 13.2 Å². The molecule has 0 saturated carbocycles. The van der Waals surface area contributed by atoms with Gasteiger partial charge in [0.05, 0.1) is 12.5 Å². The first kappa shape index (κ1) is 22.3. The van der Waals surface area contributed by atoms with Crippen LogP contribution in [0.25, 0.3) is 0 Å². The van der Waals surface area contributed by atoms with Crippen LogP contribution in [-0.2, 0) is 4.74 Å². The highest BCUT2D eigenvalue weighted by atomic mass is 127. The minimum atomic E-state index is -4.19. The molecule has 0 radical (unpaired) electrons. The average Bonchev–Trinajstić information content (AvgIpc) is 2.45. The van der Waals surface area contributed by atoms with E-state index in [-0.39, 0.29) is 42.6 Å². The van der Waals surface area contributed by atoms with Crippen molar-refractivity contribution in [3.05, 3.63) is 34.9 Å². The number of nitrogens with one attached hydrogen (secondary N) is 2. The number of halogens is 5. The highest BCUT2D eigenvalue weighted by Gasteiger charge is 2.26. The van der Waals surface area contributed by atoms with Crippen molar-refractivity contribution in [3.63, 3.8) is 0 Å². The lowest BCUT2D eigenvalue weighted by atomic mass is 10.1. The molecule has 1 atom stereocenters. The van der Waals surface area contributed by atoms with Gasteiger partial charge in [0.15, 0.2) is 5.96 Å². The Kier molecular flexibility index (Phi) is 10.6. The molecule has 0 heterocycles. The minimum absolute atomic E-state index is 0. The van der Waals surface area contributed by atoms with Crippen molar-refractivity contribution in [2.75, 3.05) is 27.2 Å². The van der Waals surface area contributed by atoms with Crippen LogP contribution in [0.2, 0.25) is 5.02 Å². The van der Waals surface area contributed by atoms with Gasteiger partial charge in [-0.15, -0.1) is 24.0 Å². The molecule has 0 aromatic heterocycles. The van der Waals surface area contributed by atoms with E-state index >= 15 is 0 Å². The zero-order valence-corrected chi connectivity index (χ0v) is 15.9. The number of nitrogens with zero attached hydrogens (tertiary/aromatic N) is 1. The van der Waals surface area contributed by atoms with Gasteiger partial charge in [-0.3, -0.25) is 4.99 Å². The van der Waals surface area contributed by atoms with Crippen molar-refractivity contribution < 1.29 is 17.9 Å². The molecule has 1 aromatic rings. The van der Waals surface area contributed by atoms with Gasteiger partial charge in [0, 0.05) is 32.3 Å². The predicted octanol–water partition coefficient (Wildman–Crippen LogP) is 3.76. The average molecular weight is 466 g/mol. The highest BCUT2D eigenvalue weighted by Crippen LogP contribution is 2.20. The monoisotopic (exact) mass is 465 g/mol. The van der Waals surface area contributed by atoms with Crippen molar-refractivity contribution in [2.24, 2.45) is 4.99 Å². The number of ether oxygens (including phenoxy) is 1. The molecule has 2 N–H and O–H groups in total. The number of rotatable bonds is 6. The van der Waals surface area contributed by atoms with Gasteiger partial charge in [-0.05, 0) is 17.7 Å². The Balaban J connectivity index is 0.00000484. The largest absolute Gasteiger partial charge is 0.390 e. The first-order valence-electron chi connectivity index (χ1n) is 6.65. The lowest BCUT2D eigenvalue weighted by molar-refractivity contribution is -0.132. The number of aliphatic imine (C=N–C) groups is 1. The summed E-state index contributed by atoms with van der Waals surface area (Å²) in [6, 6.07) is 7.20. The van der Waals surface area contributed by atoms with E-state index in [9.17, 15) is 13.2 Å². The molecule has 9 heteroatoms. The molecule has 132 valence electrons. The summed E-state index contributed by atoms with van der Waals surface area (Å²) < 4.78 is 41.7. The quantitative estimate of drug-likeness (QED) is 0.382. The first-order chi connectivity index (χ1) is 10.4. The van der Waals surface area contributed by atoms with Crippen LogP contribution in [0, 0.1) is 0 Å². The van der Waals surface area contributed by atoms with Crippen molar-refractivity contribution in [1.82, 2.24) is 10.6 Å². The lowest BCUT2D eigenvalue weighted by Gasteiger charge is -2.19. The maximum atomic E-state index is 12.1. The normalized spacial score (nSPS) is 13.2. The molecular formula is C14H20ClF3IN3O. The van der Waals surface area contributed by atoms with Crippen LogP contribution in [0.1, 0.15) is 18.1 Å². The third-order valence-electron chi connectivity index (χ3n) is 2.88. The summed E-state index contributed by atoms with van der Waals surface area (Å²) in [4.78, 5) is 3.87. The second kappa shape index (κ2) is 10.9. The molecule has 0 fully saturated rings. The maximum Gasteiger partial charge on any atom is 0.390 e. The topological polar surface area (TPSA) is 45.7 Å². The SMILES string of the molecule is CN=C(NCCC(F)(F)F)NCC(OC)c1cccc(Cl)c1.I. The van der Waals surface area contributed by atoms with Crippen LogP contribution in [0.5, 0.6) is 0 Å². The minimum Gasteiger partial charge on any atom is -0.375 e. The van der Waals surface area contributed by atoms with E-state index in [2.05, 4.69) is 15.6 Å². The highest BCUT2D eigenvalue weighted by molar-refractivity contribution is 14.0. The second-order valence-corrected chi connectivity index (χ2v) is 4.96. The van der Waals surface area contributed by atoms with E-state index in [1.165, 1.54) is 7.05 Å². The Morgan fingerprint density at radius 3 is 2.57 bits per heavy atom. The van der Waals surface area contributed by atoms with Crippen molar-refractivity contribution in [3.8, 4) is 0 Å². The van der Waals surface area contributed by atoms with Gasteiger partial charge in [-0.25, -0.2) is 0 Å². The molecule has 1 unspecified atom stereocenters. The molecule has 23 heavy (non-hydrogen) atoms. The lowest BCUT2D eigenvalue weighted by Crippen LogP contribution is -2.40. The van der Waals surface area contributed by atoms with Crippen molar-refractivity contribution >= 4 is 41.5 Å². The molecule has 4 nitrogen and oxygen atoms in total.